The maximum Gasteiger partial charge on any atom is 0.330 e. The second kappa shape index (κ2) is 8.76. The number of fused-ring (bicyclic) bond motifs is 1. The van der Waals surface area contributed by atoms with Gasteiger partial charge >= 0.3 is 5.69 Å². The molecule has 0 saturated carbocycles. The van der Waals surface area contributed by atoms with Crippen molar-refractivity contribution < 1.29 is 4.79 Å². The Labute approximate surface area is 171 Å². The quantitative estimate of drug-likeness (QED) is 0.586. The first kappa shape index (κ1) is 21.0. The lowest BCUT2D eigenvalue weighted by Gasteiger charge is -2.23. The first-order valence-electron chi connectivity index (χ1n) is 9.76. The molecule has 10 heteroatoms. The number of nitrogens with two attached hydrogens (primary N) is 1. The van der Waals surface area contributed by atoms with Gasteiger partial charge in [0.2, 0.25) is 5.91 Å². The summed E-state index contributed by atoms with van der Waals surface area (Å²) >= 11 is 0. The fourth-order valence-corrected chi connectivity index (χ4v) is 3.29. The molecule has 10 nitrogen and oxygen atoms in total. The highest BCUT2D eigenvalue weighted by Crippen LogP contribution is 2.17. The summed E-state index contributed by atoms with van der Waals surface area (Å²) in [7, 11) is 0. The van der Waals surface area contributed by atoms with Gasteiger partial charge in [0, 0.05) is 13.1 Å². The molecule has 0 unspecified atom stereocenters. The van der Waals surface area contributed by atoms with Gasteiger partial charge in [0.25, 0.3) is 11.1 Å². The monoisotopic (exact) mass is 412 g/mol. The second-order valence-corrected chi connectivity index (χ2v) is 6.83. The lowest BCUT2D eigenvalue weighted by Crippen LogP contribution is -2.43. The van der Waals surface area contributed by atoms with Gasteiger partial charge in [0.05, 0.1) is 17.2 Å². The largest absolute Gasteiger partial charge is 0.383 e. The molecule has 0 aliphatic heterocycles. The van der Waals surface area contributed by atoms with Crippen LogP contribution >= 0.6 is 0 Å². The number of carbonyl (C=O) groups is 1. The van der Waals surface area contributed by atoms with Gasteiger partial charge in [-0.15, -0.1) is 0 Å². The number of likely N-dealkylation sites (N-methyl/N-ethyl adjacent to an activating group) is 1. The van der Waals surface area contributed by atoms with Crippen molar-refractivity contribution in [2.24, 2.45) is 0 Å². The Morgan fingerprint density at radius 1 is 1.20 bits per heavy atom. The van der Waals surface area contributed by atoms with E-state index >= 15 is 0 Å². The highest BCUT2D eigenvalue weighted by Gasteiger charge is 2.23. The van der Waals surface area contributed by atoms with Gasteiger partial charge < -0.3 is 10.6 Å². The van der Waals surface area contributed by atoms with E-state index in [-0.39, 0.29) is 30.2 Å². The first-order valence-corrected chi connectivity index (χ1v) is 9.76. The van der Waals surface area contributed by atoms with E-state index in [9.17, 15) is 19.2 Å². The number of nitrogens with zero attached hydrogens (tertiary/aromatic N) is 4. The van der Waals surface area contributed by atoms with Gasteiger partial charge in [0.1, 0.15) is 12.4 Å². The van der Waals surface area contributed by atoms with Crippen molar-refractivity contribution in [2.75, 3.05) is 17.2 Å². The van der Waals surface area contributed by atoms with Crippen LogP contribution in [0.5, 0.6) is 0 Å². The number of hydrogen-bond donors (Lipinski definition) is 2. The number of nitrogens with one attached hydrogen (secondary N) is 1. The third-order valence-corrected chi connectivity index (χ3v) is 4.87. The number of nitrogen functional groups attached to an aromatic ring is 1. The van der Waals surface area contributed by atoms with Crippen LogP contribution in [0.4, 0.5) is 11.5 Å². The summed E-state index contributed by atoms with van der Waals surface area (Å²) in [5.41, 5.74) is 4.81. The number of rotatable bonds is 7. The molecule has 2 heterocycles. The number of unbranched alkanes of at least 4 members (excludes halogenated alkanes) is 1. The Balaban J connectivity index is 2.00. The number of amides is 1. The number of anilines is 2. The van der Waals surface area contributed by atoms with E-state index in [0.717, 1.165) is 6.42 Å². The van der Waals surface area contributed by atoms with Gasteiger partial charge in [-0.05, 0) is 25.5 Å². The summed E-state index contributed by atoms with van der Waals surface area (Å²) in [5.74, 6) is -0.592. The average Bonchev–Trinajstić information content (AvgIpc) is 2.73. The van der Waals surface area contributed by atoms with Crippen molar-refractivity contribution in [3.63, 3.8) is 0 Å². The lowest BCUT2D eigenvalue weighted by molar-refractivity contribution is -0.119. The summed E-state index contributed by atoms with van der Waals surface area (Å²) in [6.45, 7) is 3.78. The van der Waals surface area contributed by atoms with Gasteiger partial charge in [-0.25, -0.2) is 9.78 Å². The number of benzene rings is 1. The number of aromatic amines is 1. The van der Waals surface area contributed by atoms with Crippen molar-refractivity contribution in [3.05, 3.63) is 61.8 Å². The molecule has 1 aromatic carbocycles. The van der Waals surface area contributed by atoms with Crippen LogP contribution in [0, 0.1) is 0 Å². The zero-order valence-corrected chi connectivity index (χ0v) is 16.9. The highest BCUT2D eigenvalue weighted by molar-refractivity contribution is 5.95. The summed E-state index contributed by atoms with van der Waals surface area (Å²) in [4.78, 5) is 57.9. The molecular weight excluding hydrogens is 388 g/mol. The van der Waals surface area contributed by atoms with Gasteiger partial charge in [-0.2, -0.15) is 0 Å². The number of para-hydroxylation sites is 1. The number of carbonyl (C=O) groups excluding carboxylic acids is 1. The standard InChI is InChI=1S/C20H24N6O4/c1-3-5-10-26-17(21)16(18(28)23-20(26)30)25(4-2)15(27)11-24-12-22-14-9-7-6-8-13(14)19(24)29/h6-9,12H,3-5,10-11,21H2,1-2H3,(H,23,28,30). The summed E-state index contributed by atoms with van der Waals surface area (Å²) in [6.07, 6.45) is 2.81. The van der Waals surface area contributed by atoms with Crippen LogP contribution in [-0.4, -0.2) is 31.6 Å². The van der Waals surface area contributed by atoms with Crippen LogP contribution in [0.1, 0.15) is 26.7 Å². The summed E-state index contributed by atoms with van der Waals surface area (Å²) in [6, 6.07) is 6.83. The zero-order chi connectivity index (χ0) is 21.8. The van der Waals surface area contributed by atoms with Crippen LogP contribution in [0.2, 0.25) is 0 Å². The molecule has 0 bridgehead atoms. The SMILES string of the molecule is CCCCn1c(N)c(N(CC)C(=O)Cn2cnc3ccccc3c2=O)c(=O)[nH]c1=O. The van der Waals surface area contributed by atoms with E-state index in [0.29, 0.717) is 23.9 Å². The molecular formula is C20H24N6O4. The van der Waals surface area contributed by atoms with Crippen LogP contribution < -0.4 is 27.4 Å². The van der Waals surface area contributed by atoms with Gasteiger partial charge in [-0.3, -0.25) is 28.5 Å². The Morgan fingerprint density at radius 3 is 2.63 bits per heavy atom. The third kappa shape index (κ3) is 3.88. The summed E-state index contributed by atoms with van der Waals surface area (Å²) < 4.78 is 2.44. The van der Waals surface area contributed by atoms with Crippen LogP contribution in [0.25, 0.3) is 10.9 Å². The molecule has 0 radical (unpaired) electrons. The molecule has 1 amide bonds. The Hall–Kier alpha value is -3.69. The minimum atomic E-state index is -0.746. The van der Waals surface area contributed by atoms with E-state index in [1.54, 1.807) is 31.2 Å². The van der Waals surface area contributed by atoms with Gasteiger partial charge in [-0.1, -0.05) is 25.5 Å². The second-order valence-electron chi connectivity index (χ2n) is 6.83. The maximum absolute atomic E-state index is 13.0. The van der Waals surface area contributed by atoms with E-state index < -0.39 is 17.2 Å². The fourth-order valence-electron chi connectivity index (χ4n) is 3.29. The Kier molecular flexibility index (Phi) is 6.14. The van der Waals surface area contributed by atoms with Crippen molar-refractivity contribution in [3.8, 4) is 0 Å². The number of H-pyrrole nitrogens is 1. The molecule has 158 valence electrons. The summed E-state index contributed by atoms with van der Waals surface area (Å²) in [5, 5.41) is 0.390. The third-order valence-electron chi connectivity index (χ3n) is 4.87. The predicted molar refractivity (Wildman–Crippen MR) is 115 cm³/mol. The molecule has 0 fully saturated rings. The lowest BCUT2D eigenvalue weighted by atomic mass is 10.2. The number of aromatic nitrogens is 4. The van der Waals surface area contributed by atoms with Crippen LogP contribution in [0.15, 0.2) is 45.0 Å². The topological polar surface area (TPSA) is 136 Å². The molecule has 0 saturated heterocycles. The normalized spacial score (nSPS) is 11.0. The zero-order valence-electron chi connectivity index (χ0n) is 16.9. The predicted octanol–water partition coefficient (Wildman–Crippen LogP) is 0.682. The van der Waals surface area contributed by atoms with E-state index in [1.165, 1.54) is 20.4 Å². The molecule has 3 N–H and O–H groups in total. The van der Waals surface area contributed by atoms with Crippen molar-refractivity contribution >= 4 is 28.3 Å². The smallest absolute Gasteiger partial charge is 0.330 e. The molecule has 30 heavy (non-hydrogen) atoms. The Bertz CT molecular complexity index is 1260. The Morgan fingerprint density at radius 2 is 1.93 bits per heavy atom. The first-order chi connectivity index (χ1) is 14.4. The van der Waals surface area contributed by atoms with E-state index in [1.807, 2.05) is 6.92 Å². The highest BCUT2D eigenvalue weighted by atomic mass is 16.2. The fraction of sp³-hybridized carbons (Fsp3) is 0.350. The van der Waals surface area contributed by atoms with E-state index in [2.05, 4.69) is 9.97 Å². The van der Waals surface area contributed by atoms with Crippen molar-refractivity contribution in [1.29, 1.82) is 0 Å². The molecule has 0 aliphatic rings. The van der Waals surface area contributed by atoms with Crippen LogP contribution in [-0.2, 0) is 17.9 Å². The number of hydrogen-bond acceptors (Lipinski definition) is 6. The molecule has 2 aromatic heterocycles. The van der Waals surface area contributed by atoms with Crippen LogP contribution in [0.3, 0.4) is 0 Å². The maximum atomic E-state index is 13.0. The molecule has 0 aliphatic carbocycles. The average molecular weight is 412 g/mol. The molecule has 3 aromatic rings. The van der Waals surface area contributed by atoms with Gasteiger partial charge in [0.15, 0.2) is 5.69 Å². The molecule has 0 atom stereocenters. The minimum absolute atomic E-state index is 0.0728. The molecule has 0 spiro atoms. The van der Waals surface area contributed by atoms with Crippen molar-refractivity contribution in [1.82, 2.24) is 19.1 Å². The molecule has 3 rings (SSSR count). The minimum Gasteiger partial charge on any atom is -0.383 e. The van der Waals surface area contributed by atoms with E-state index in [4.69, 9.17) is 5.73 Å². The van der Waals surface area contributed by atoms with Crippen molar-refractivity contribution in [2.45, 2.75) is 39.8 Å².